The Morgan fingerprint density at radius 3 is 2.33 bits per heavy atom. The summed E-state index contributed by atoms with van der Waals surface area (Å²) in [6.45, 7) is 5.34. The Hall–Kier alpha value is -0.640. The first-order valence-corrected chi connectivity index (χ1v) is 5.52. The maximum Gasteiger partial charge on any atom is 0.258 e. The van der Waals surface area contributed by atoms with Gasteiger partial charge in [0.25, 0.3) is 6.43 Å². The molecular formula is C11H14BrF2N. The molecule has 84 valence electrons. The highest BCUT2D eigenvalue weighted by atomic mass is 79.9. The van der Waals surface area contributed by atoms with E-state index in [1.54, 1.807) is 0 Å². The Kier molecular flexibility index (Phi) is 4.08. The van der Waals surface area contributed by atoms with Crippen LogP contribution in [-0.4, -0.2) is 12.5 Å². The number of rotatable bonds is 3. The molecule has 1 atom stereocenters. The second-order valence-electron chi connectivity index (χ2n) is 3.71. The van der Waals surface area contributed by atoms with Crippen molar-refractivity contribution < 1.29 is 8.78 Å². The van der Waals surface area contributed by atoms with Crippen LogP contribution in [0.5, 0.6) is 0 Å². The minimum atomic E-state index is -2.36. The van der Waals surface area contributed by atoms with Crippen molar-refractivity contribution in [2.75, 3.05) is 5.32 Å². The molecule has 1 aromatic carbocycles. The Balaban J connectivity index is 2.95. The van der Waals surface area contributed by atoms with E-state index in [1.165, 1.54) is 6.92 Å². The fourth-order valence-corrected chi connectivity index (χ4v) is 2.18. The molecule has 0 radical (unpaired) electrons. The van der Waals surface area contributed by atoms with Crippen LogP contribution in [0.3, 0.4) is 0 Å². The number of benzene rings is 1. The van der Waals surface area contributed by atoms with Gasteiger partial charge in [0.15, 0.2) is 0 Å². The summed E-state index contributed by atoms with van der Waals surface area (Å²) in [5, 5.41) is 2.81. The molecule has 0 fully saturated rings. The van der Waals surface area contributed by atoms with Crippen LogP contribution in [0.15, 0.2) is 16.6 Å². The largest absolute Gasteiger partial charge is 0.376 e. The summed E-state index contributed by atoms with van der Waals surface area (Å²) >= 11 is 3.37. The molecule has 0 heterocycles. The number of nitrogens with one attached hydrogen (secondary N) is 1. The zero-order chi connectivity index (χ0) is 11.6. The first-order valence-electron chi connectivity index (χ1n) is 4.73. The highest BCUT2D eigenvalue weighted by Crippen LogP contribution is 2.28. The third-order valence-electron chi connectivity index (χ3n) is 2.18. The molecule has 0 aliphatic heterocycles. The summed E-state index contributed by atoms with van der Waals surface area (Å²) in [5.74, 6) is 0. The van der Waals surface area contributed by atoms with Gasteiger partial charge in [-0.3, -0.25) is 0 Å². The minimum Gasteiger partial charge on any atom is -0.376 e. The molecule has 0 saturated carbocycles. The van der Waals surface area contributed by atoms with E-state index in [4.69, 9.17) is 0 Å². The summed E-state index contributed by atoms with van der Waals surface area (Å²) in [6.07, 6.45) is -2.36. The highest BCUT2D eigenvalue weighted by molar-refractivity contribution is 9.10. The van der Waals surface area contributed by atoms with Crippen molar-refractivity contribution in [2.45, 2.75) is 33.2 Å². The van der Waals surface area contributed by atoms with Gasteiger partial charge < -0.3 is 5.32 Å². The van der Waals surface area contributed by atoms with E-state index < -0.39 is 12.5 Å². The minimum absolute atomic E-state index is 0.744. The Labute approximate surface area is 97.0 Å². The van der Waals surface area contributed by atoms with Crippen LogP contribution >= 0.6 is 15.9 Å². The van der Waals surface area contributed by atoms with Gasteiger partial charge in [-0.1, -0.05) is 6.07 Å². The van der Waals surface area contributed by atoms with Crippen molar-refractivity contribution >= 4 is 21.6 Å². The van der Waals surface area contributed by atoms with E-state index in [2.05, 4.69) is 21.2 Å². The first-order chi connectivity index (χ1) is 6.91. The van der Waals surface area contributed by atoms with E-state index in [-0.39, 0.29) is 0 Å². The lowest BCUT2D eigenvalue weighted by Gasteiger charge is -2.18. The molecule has 0 aliphatic carbocycles. The predicted molar refractivity (Wildman–Crippen MR) is 62.7 cm³/mol. The van der Waals surface area contributed by atoms with E-state index in [0.29, 0.717) is 0 Å². The Morgan fingerprint density at radius 2 is 1.87 bits per heavy atom. The van der Waals surface area contributed by atoms with Crippen LogP contribution in [-0.2, 0) is 0 Å². The first kappa shape index (κ1) is 12.4. The quantitative estimate of drug-likeness (QED) is 0.876. The fourth-order valence-electron chi connectivity index (χ4n) is 1.39. The molecule has 1 aromatic rings. The van der Waals surface area contributed by atoms with Gasteiger partial charge in [-0.2, -0.15) is 0 Å². The van der Waals surface area contributed by atoms with Gasteiger partial charge in [0.05, 0.1) is 11.7 Å². The molecular weight excluding hydrogens is 264 g/mol. The van der Waals surface area contributed by atoms with Gasteiger partial charge in [0.1, 0.15) is 0 Å². The van der Waals surface area contributed by atoms with Gasteiger partial charge in [-0.25, -0.2) is 8.78 Å². The smallest absolute Gasteiger partial charge is 0.258 e. The van der Waals surface area contributed by atoms with Crippen molar-refractivity contribution in [3.63, 3.8) is 0 Å². The molecule has 1 nitrogen and oxygen atoms in total. The molecule has 0 bridgehead atoms. The van der Waals surface area contributed by atoms with E-state index in [9.17, 15) is 8.78 Å². The lowest BCUT2D eigenvalue weighted by atomic mass is 10.1. The van der Waals surface area contributed by atoms with Gasteiger partial charge >= 0.3 is 0 Å². The second-order valence-corrected chi connectivity index (χ2v) is 4.56. The van der Waals surface area contributed by atoms with Crippen LogP contribution in [0.4, 0.5) is 14.5 Å². The molecule has 0 amide bonds. The van der Waals surface area contributed by atoms with Crippen molar-refractivity contribution in [1.82, 2.24) is 0 Å². The number of hydrogen-bond acceptors (Lipinski definition) is 1. The van der Waals surface area contributed by atoms with Crippen LogP contribution in [0.1, 0.15) is 18.1 Å². The van der Waals surface area contributed by atoms with Crippen molar-refractivity contribution in [2.24, 2.45) is 0 Å². The molecule has 1 N–H and O–H groups in total. The van der Waals surface area contributed by atoms with Crippen LogP contribution in [0, 0.1) is 13.8 Å². The normalized spacial score (nSPS) is 13.0. The van der Waals surface area contributed by atoms with Gasteiger partial charge in [-0.15, -0.1) is 0 Å². The van der Waals surface area contributed by atoms with E-state index in [0.717, 1.165) is 21.3 Å². The van der Waals surface area contributed by atoms with Gasteiger partial charge in [0, 0.05) is 4.47 Å². The summed E-state index contributed by atoms with van der Waals surface area (Å²) in [4.78, 5) is 0. The standard InChI is InChI=1S/C11H14BrF2N/c1-6-4-7(2)10(9(12)5-6)15-8(3)11(13)14/h4-5,8,11,15H,1-3H3. The number of hydrogen-bond donors (Lipinski definition) is 1. The van der Waals surface area contributed by atoms with Crippen LogP contribution in [0.25, 0.3) is 0 Å². The van der Waals surface area contributed by atoms with Crippen molar-refractivity contribution in [3.8, 4) is 0 Å². The van der Waals surface area contributed by atoms with Crippen molar-refractivity contribution in [1.29, 1.82) is 0 Å². The summed E-state index contributed by atoms with van der Waals surface area (Å²) in [5.41, 5.74) is 2.82. The van der Waals surface area contributed by atoms with Crippen LogP contribution in [0.2, 0.25) is 0 Å². The lowest BCUT2D eigenvalue weighted by Crippen LogP contribution is -2.24. The molecule has 0 spiro atoms. The third kappa shape index (κ3) is 3.16. The Morgan fingerprint density at radius 1 is 1.27 bits per heavy atom. The maximum atomic E-state index is 12.4. The van der Waals surface area contributed by atoms with Gasteiger partial charge in [0.2, 0.25) is 0 Å². The van der Waals surface area contributed by atoms with Crippen molar-refractivity contribution in [3.05, 3.63) is 27.7 Å². The Bertz CT molecular complexity index is 329. The zero-order valence-electron chi connectivity index (χ0n) is 8.94. The number of anilines is 1. The number of alkyl halides is 2. The third-order valence-corrected chi connectivity index (χ3v) is 2.81. The van der Waals surface area contributed by atoms with E-state index >= 15 is 0 Å². The molecule has 4 heteroatoms. The van der Waals surface area contributed by atoms with Crippen LogP contribution < -0.4 is 5.32 Å². The summed E-state index contributed by atoms with van der Waals surface area (Å²) in [7, 11) is 0. The summed E-state index contributed by atoms with van der Waals surface area (Å²) < 4.78 is 25.6. The van der Waals surface area contributed by atoms with E-state index in [1.807, 2.05) is 26.0 Å². The van der Waals surface area contributed by atoms with Gasteiger partial charge in [-0.05, 0) is 53.9 Å². The number of halogens is 3. The molecule has 15 heavy (non-hydrogen) atoms. The molecule has 1 rings (SSSR count). The highest BCUT2D eigenvalue weighted by Gasteiger charge is 2.16. The monoisotopic (exact) mass is 277 g/mol. The average Bonchev–Trinajstić information content (AvgIpc) is 2.10. The second kappa shape index (κ2) is 4.92. The maximum absolute atomic E-state index is 12.4. The molecule has 0 aromatic heterocycles. The topological polar surface area (TPSA) is 12.0 Å². The average molecular weight is 278 g/mol. The molecule has 1 unspecified atom stereocenters. The predicted octanol–water partition coefficient (Wildman–Crippen LogP) is 4.13. The SMILES string of the molecule is Cc1cc(C)c(NC(C)C(F)F)c(Br)c1. The number of aryl methyl sites for hydroxylation is 2. The fraction of sp³-hybridized carbons (Fsp3) is 0.455. The molecule has 0 aliphatic rings. The zero-order valence-corrected chi connectivity index (χ0v) is 10.5. The molecule has 0 saturated heterocycles. The lowest BCUT2D eigenvalue weighted by molar-refractivity contribution is 0.130. The summed E-state index contributed by atoms with van der Waals surface area (Å²) in [6, 6.07) is 3.03.